The molecule has 0 spiro atoms. The molecular weight excluding hydrogens is 316 g/mol. The lowest BCUT2D eigenvalue weighted by Crippen LogP contribution is -2.40. The molecule has 5 heteroatoms. The Hall–Kier alpha value is -0.750. The molecule has 0 aromatic carbocycles. The fourth-order valence-corrected chi connectivity index (χ4v) is 3.07. The summed E-state index contributed by atoms with van der Waals surface area (Å²) in [4.78, 5) is 12.8. The third-order valence-electron chi connectivity index (χ3n) is 4.70. The number of ketones is 1. The van der Waals surface area contributed by atoms with Crippen LogP contribution in [0.25, 0.3) is 0 Å². The van der Waals surface area contributed by atoms with E-state index >= 15 is 0 Å². The molecule has 0 aliphatic heterocycles. The molecule has 2 N–H and O–H groups in total. The van der Waals surface area contributed by atoms with Crippen LogP contribution in [-0.2, 0) is 14.3 Å². The molecule has 0 aromatic heterocycles. The Bertz CT molecular complexity index is 416. The van der Waals surface area contributed by atoms with Crippen LogP contribution in [0.2, 0.25) is 0 Å². The van der Waals surface area contributed by atoms with Crippen LogP contribution in [0.4, 0.5) is 0 Å². The van der Waals surface area contributed by atoms with E-state index in [0.29, 0.717) is 25.7 Å². The lowest BCUT2D eigenvalue weighted by molar-refractivity contribution is -0.120. The van der Waals surface area contributed by atoms with E-state index in [1.54, 1.807) is 0 Å². The average Bonchev–Trinajstić information content (AvgIpc) is 2.56. The number of ether oxygens (including phenoxy) is 2. The summed E-state index contributed by atoms with van der Waals surface area (Å²) < 4.78 is 10.7. The van der Waals surface area contributed by atoms with Crippen LogP contribution in [-0.4, -0.2) is 58.4 Å². The zero-order chi connectivity index (χ0) is 18.7. The summed E-state index contributed by atoms with van der Waals surface area (Å²) in [7, 11) is 0. The van der Waals surface area contributed by atoms with Gasteiger partial charge in [-0.1, -0.05) is 26.8 Å². The maximum atomic E-state index is 12.8. The van der Waals surface area contributed by atoms with Crippen molar-refractivity contribution in [2.45, 2.75) is 41.0 Å². The highest BCUT2D eigenvalue weighted by Gasteiger charge is 2.34. The minimum Gasteiger partial charge on any atom is -0.380 e. The van der Waals surface area contributed by atoms with Crippen molar-refractivity contribution in [3.05, 3.63) is 11.6 Å². The molecule has 0 radical (unpaired) electrons. The fraction of sp³-hybridized carbons (Fsp3) is 0.850. The maximum Gasteiger partial charge on any atom is 0.164 e. The molecule has 0 aromatic rings. The number of nitrogens with one attached hydrogen (secondary N) is 2. The summed E-state index contributed by atoms with van der Waals surface area (Å²) in [5.41, 5.74) is 1.10. The topological polar surface area (TPSA) is 59.6 Å². The van der Waals surface area contributed by atoms with Crippen molar-refractivity contribution in [2.75, 3.05) is 52.6 Å². The van der Waals surface area contributed by atoms with E-state index in [2.05, 4.69) is 37.5 Å². The van der Waals surface area contributed by atoms with Crippen molar-refractivity contribution in [3.63, 3.8) is 0 Å². The molecule has 1 aliphatic rings. The number of hydrogen-bond donors (Lipinski definition) is 2. The van der Waals surface area contributed by atoms with Gasteiger partial charge in [-0.25, -0.2) is 0 Å². The third-order valence-corrected chi connectivity index (χ3v) is 4.70. The number of hydrogen-bond acceptors (Lipinski definition) is 5. The Morgan fingerprint density at radius 2 is 1.68 bits per heavy atom. The van der Waals surface area contributed by atoms with Crippen molar-refractivity contribution in [1.82, 2.24) is 10.6 Å². The summed E-state index contributed by atoms with van der Waals surface area (Å²) in [5, 5.41) is 6.73. The second-order valence-electron chi connectivity index (χ2n) is 7.74. The highest BCUT2D eigenvalue weighted by Crippen LogP contribution is 2.37. The van der Waals surface area contributed by atoms with Crippen LogP contribution < -0.4 is 10.6 Å². The van der Waals surface area contributed by atoms with E-state index in [4.69, 9.17) is 9.47 Å². The molecule has 0 fully saturated rings. The average molecular weight is 355 g/mol. The molecule has 146 valence electrons. The van der Waals surface area contributed by atoms with Crippen LogP contribution in [0.5, 0.6) is 0 Å². The van der Waals surface area contributed by atoms with Crippen LogP contribution in [0.3, 0.4) is 0 Å². The van der Waals surface area contributed by atoms with E-state index in [1.807, 2.05) is 13.8 Å². The SMILES string of the molecule is CCOCCNCC1=CC(C(C)(C)C)CC(CNCCOCC)C1=O. The molecule has 1 aliphatic carbocycles. The van der Waals surface area contributed by atoms with Crippen molar-refractivity contribution >= 4 is 5.78 Å². The van der Waals surface area contributed by atoms with Crippen molar-refractivity contribution in [2.24, 2.45) is 17.3 Å². The minimum atomic E-state index is 0.0551. The Labute approximate surface area is 153 Å². The van der Waals surface area contributed by atoms with E-state index in [1.165, 1.54) is 0 Å². The molecule has 2 atom stereocenters. The monoisotopic (exact) mass is 354 g/mol. The van der Waals surface area contributed by atoms with Crippen molar-refractivity contribution < 1.29 is 14.3 Å². The highest BCUT2D eigenvalue weighted by molar-refractivity contribution is 5.98. The van der Waals surface area contributed by atoms with Crippen LogP contribution in [0.15, 0.2) is 11.6 Å². The lowest BCUT2D eigenvalue weighted by atomic mass is 9.70. The predicted octanol–water partition coefficient (Wildman–Crippen LogP) is 2.42. The summed E-state index contributed by atoms with van der Waals surface area (Å²) in [6.07, 6.45) is 3.12. The fourth-order valence-electron chi connectivity index (χ4n) is 3.07. The van der Waals surface area contributed by atoms with Gasteiger partial charge in [-0.3, -0.25) is 4.79 Å². The Balaban J connectivity index is 2.59. The number of rotatable bonds is 12. The second kappa shape index (κ2) is 11.8. The van der Waals surface area contributed by atoms with Crippen molar-refractivity contribution in [1.29, 1.82) is 0 Å². The standard InChI is InChI=1S/C20H38N2O3/c1-6-24-10-8-21-14-16-12-18(20(3,4)5)13-17(19(16)23)15-22-9-11-25-7-2/h12,17-18,21-22H,6-11,13-15H2,1-5H3. The first-order valence-electron chi connectivity index (χ1n) is 9.71. The Morgan fingerprint density at radius 1 is 1.08 bits per heavy atom. The third kappa shape index (κ3) is 8.45. The second-order valence-corrected chi connectivity index (χ2v) is 7.74. The van der Waals surface area contributed by atoms with Crippen LogP contribution in [0, 0.1) is 17.3 Å². The summed E-state index contributed by atoms with van der Waals surface area (Å²) in [5.74, 6) is 0.764. The first-order chi connectivity index (χ1) is 11.9. The molecule has 5 nitrogen and oxygen atoms in total. The summed E-state index contributed by atoms with van der Waals surface area (Å²) in [6.45, 7) is 16.5. The van der Waals surface area contributed by atoms with E-state index in [9.17, 15) is 4.79 Å². The maximum absolute atomic E-state index is 12.8. The molecule has 0 heterocycles. The molecular formula is C20H38N2O3. The smallest absolute Gasteiger partial charge is 0.164 e. The highest BCUT2D eigenvalue weighted by atomic mass is 16.5. The number of allylic oxidation sites excluding steroid dienone is 1. The molecule has 0 saturated carbocycles. The van der Waals surface area contributed by atoms with Gasteiger partial charge in [0.15, 0.2) is 5.78 Å². The molecule has 1 rings (SSSR count). The van der Waals surface area contributed by atoms with Gasteiger partial charge in [-0.15, -0.1) is 0 Å². The zero-order valence-electron chi connectivity index (χ0n) is 16.8. The molecule has 0 saturated heterocycles. The quantitative estimate of drug-likeness (QED) is 0.527. The molecule has 0 bridgehead atoms. The first-order valence-corrected chi connectivity index (χ1v) is 9.71. The largest absolute Gasteiger partial charge is 0.380 e. The van der Waals surface area contributed by atoms with Crippen molar-refractivity contribution in [3.8, 4) is 0 Å². The van der Waals surface area contributed by atoms with Gasteiger partial charge in [0.25, 0.3) is 0 Å². The normalized spacial score (nSPS) is 21.5. The Kier molecular flexibility index (Phi) is 10.5. The van der Waals surface area contributed by atoms with Gasteiger partial charge in [0, 0.05) is 50.9 Å². The van der Waals surface area contributed by atoms with Crippen LogP contribution in [0.1, 0.15) is 41.0 Å². The molecule has 25 heavy (non-hydrogen) atoms. The lowest BCUT2D eigenvalue weighted by Gasteiger charge is -2.35. The number of carbonyl (C=O) groups is 1. The zero-order valence-corrected chi connectivity index (χ0v) is 16.8. The summed E-state index contributed by atoms with van der Waals surface area (Å²) >= 11 is 0. The van der Waals surface area contributed by atoms with Gasteiger partial charge < -0.3 is 20.1 Å². The number of Topliss-reactive ketones (excluding diaryl/α,β-unsaturated/α-hetero) is 1. The van der Waals surface area contributed by atoms with Gasteiger partial charge in [-0.2, -0.15) is 0 Å². The minimum absolute atomic E-state index is 0.0551. The van der Waals surface area contributed by atoms with E-state index in [-0.39, 0.29) is 17.1 Å². The van der Waals surface area contributed by atoms with E-state index in [0.717, 1.165) is 44.8 Å². The summed E-state index contributed by atoms with van der Waals surface area (Å²) in [6, 6.07) is 0. The van der Waals surface area contributed by atoms with Crippen LogP contribution >= 0.6 is 0 Å². The van der Waals surface area contributed by atoms with Gasteiger partial charge in [0.1, 0.15) is 0 Å². The number of carbonyl (C=O) groups excluding carboxylic acids is 1. The van der Waals surface area contributed by atoms with Gasteiger partial charge in [0.2, 0.25) is 0 Å². The first kappa shape index (κ1) is 22.3. The molecule has 2 unspecified atom stereocenters. The Morgan fingerprint density at radius 3 is 2.24 bits per heavy atom. The van der Waals surface area contributed by atoms with Gasteiger partial charge in [-0.05, 0) is 31.6 Å². The van der Waals surface area contributed by atoms with E-state index < -0.39 is 0 Å². The molecule has 0 amide bonds. The predicted molar refractivity (Wildman–Crippen MR) is 103 cm³/mol. The van der Waals surface area contributed by atoms with Gasteiger partial charge >= 0.3 is 0 Å². The van der Waals surface area contributed by atoms with Gasteiger partial charge in [0.05, 0.1) is 13.2 Å².